The third-order valence-corrected chi connectivity index (χ3v) is 2.94. The quantitative estimate of drug-likeness (QED) is 0.432. The minimum Gasteiger partial charge on any atom is -0.324 e. The van der Waals surface area contributed by atoms with Gasteiger partial charge in [-0.2, -0.15) is 0 Å². The molecule has 0 aliphatic rings. The molecule has 0 fully saturated rings. The number of rotatable bonds is 5. The van der Waals surface area contributed by atoms with E-state index in [2.05, 4.69) is 6.92 Å². The summed E-state index contributed by atoms with van der Waals surface area (Å²) in [5, 5.41) is 0. The molecular formula is C12H35OP. The first kappa shape index (κ1) is 29.2. The van der Waals surface area contributed by atoms with E-state index in [1.807, 2.05) is 13.3 Å². The van der Waals surface area contributed by atoms with Crippen molar-refractivity contribution in [2.24, 2.45) is 0 Å². The molecule has 14 heavy (non-hydrogen) atoms. The van der Waals surface area contributed by atoms with Crippen LogP contribution >= 0.6 is 7.14 Å². The van der Waals surface area contributed by atoms with Crippen LogP contribution in [-0.4, -0.2) is 19.5 Å². The fourth-order valence-corrected chi connectivity index (χ4v) is 1.90. The second-order valence-electron chi connectivity index (χ2n) is 3.36. The molecule has 0 aliphatic carbocycles. The van der Waals surface area contributed by atoms with Gasteiger partial charge in [-0.3, -0.25) is 0 Å². The molecule has 0 saturated heterocycles. The van der Waals surface area contributed by atoms with Crippen molar-refractivity contribution in [3.05, 3.63) is 0 Å². The Balaban J connectivity index is -0.0000000675. The van der Waals surface area contributed by atoms with Crippen LogP contribution in [0.4, 0.5) is 0 Å². The van der Waals surface area contributed by atoms with Crippen LogP contribution in [0, 0.1) is 0 Å². The van der Waals surface area contributed by atoms with Gasteiger partial charge in [0.15, 0.2) is 0 Å². The minimum atomic E-state index is -1.71. The van der Waals surface area contributed by atoms with Crippen molar-refractivity contribution in [2.75, 3.05) is 19.5 Å². The summed E-state index contributed by atoms with van der Waals surface area (Å²) in [6.45, 7) is 5.94. The highest BCUT2D eigenvalue weighted by atomic mass is 31.2. The van der Waals surface area contributed by atoms with Crippen molar-refractivity contribution in [1.29, 1.82) is 0 Å². The van der Waals surface area contributed by atoms with Gasteiger partial charge in [0.1, 0.15) is 0 Å². The summed E-state index contributed by atoms with van der Waals surface area (Å²) < 4.78 is 11.2. The topological polar surface area (TPSA) is 17.1 Å². The summed E-state index contributed by atoms with van der Waals surface area (Å²) in [7, 11) is -1.71. The molecule has 0 bridgehead atoms. The van der Waals surface area contributed by atoms with Crippen LogP contribution in [0.2, 0.25) is 0 Å². The van der Waals surface area contributed by atoms with E-state index < -0.39 is 7.14 Å². The SMILES string of the molecule is C.C.C.C.CCCCCCP(C)(C)=O. The monoisotopic (exact) mass is 226 g/mol. The molecule has 0 aromatic rings. The summed E-state index contributed by atoms with van der Waals surface area (Å²) in [6, 6.07) is 0. The molecule has 1 nitrogen and oxygen atoms in total. The second-order valence-corrected chi connectivity index (χ2v) is 6.95. The minimum absolute atomic E-state index is 0. The molecule has 0 aromatic carbocycles. The van der Waals surface area contributed by atoms with Crippen molar-refractivity contribution in [2.45, 2.75) is 62.3 Å². The van der Waals surface area contributed by atoms with Crippen molar-refractivity contribution >= 4 is 7.14 Å². The highest BCUT2D eigenvalue weighted by Gasteiger charge is 2.04. The molecular weight excluding hydrogens is 191 g/mol. The number of hydrogen-bond donors (Lipinski definition) is 0. The smallest absolute Gasteiger partial charge is 0.0819 e. The molecule has 0 amide bonds. The number of unbranched alkanes of at least 4 members (excludes halogenated alkanes) is 3. The summed E-state index contributed by atoms with van der Waals surface area (Å²) >= 11 is 0. The van der Waals surface area contributed by atoms with Crippen molar-refractivity contribution in [3.8, 4) is 0 Å². The Labute approximate surface area is 94.1 Å². The van der Waals surface area contributed by atoms with E-state index in [0.29, 0.717) is 0 Å². The van der Waals surface area contributed by atoms with Crippen molar-refractivity contribution in [3.63, 3.8) is 0 Å². The van der Waals surface area contributed by atoms with Crippen LogP contribution < -0.4 is 0 Å². The van der Waals surface area contributed by atoms with Gasteiger partial charge in [0.25, 0.3) is 0 Å². The lowest BCUT2D eigenvalue weighted by atomic mass is 10.2. The van der Waals surface area contributed by atoms with Crippen molar-refractivity contribution in [1.82, 2.24) is 0 Å². The van der Waals surface area contributed by atoms with Crippen LogP contribution in [0.15, 0.2) is 0 Å². The Morgan fingerprint density at radius 3 is 1.57 bits per heavy atom. The maximum absolute atomic E-state index is 11.2. The zero-order valence-corrected chi connectivity index (χ0v) is 8.29. The van der Waals surface area contributed by atoms with Gasteiger partial charge >= 0.3 is 0 Å². The summed E-state index contributed by atoms with van der Waals surface area (Å²) in [5.41, 5.74) is 0. The molecule has 0 radical (unpaired) electrons. The molecule has 0 aliphatic heterocycles. The Hall–Kier alpha value is 0.230. The molecule has 0 heterocycles. The Morgan fingerprint density at radius 2 is 1.29 bits per heavy atom. The molecule has 0 saturated carbocycles. The lowest BCUT2D eigenvalue weighted by Crippen LogP contribution is -1.85. The maximum atomic E-state index is 11.2. The predicted octanol–water partition coefficient (Wildman–Crippen LogP) is 5.73. The zero-order chi connectivity index (χ0) is 8.04. The van der Waals surface area contributed by atoms with Gasteiger partial charge in [-0.25, -0.2) is 0 Å². The fraction of sp³-hybridized carbons (Fsp3) is 1.00. The highest BCUT2D eigenvalue weighted by Crippen LogP contribution is 2.36. The standard InChI is InChI=1S/C8H19OP.4CH4/c1-4-5-6-7-8-10(2,3)9;;;;/h4-8H2,1-3H3;4*1H4. The van der Waals surface area contributed by atoms with Gasteiger partial charge in [0.2, 0.25) is 0 Å². The first-order valence-electron chi connectivity index (χ1n) is 4.10. The largest absolute Gasteiger partial charge is 0.324 e. The fourth-order valence-electron chi connectivity index (χ4n) is 0.919. The molecule has 2 heteroatoms. The lowest BCUT2D eigenvalue weighted by molar-refractivity contribution is 0.578. The van der Waals surface area contributed by atoms with Gasteiger partial charge in [-0.05, 0) is 19.8 Å². The van der Waals surface area contributed by atoms with Crippen LogP contribution in [0.1, 0.15) is 62.3 Å². The Kier molecular flexibility index (Phi) is 32.8. The van der Waals surface area contributed by atoms with Gasteiger partial charge in [-0.15, -0.1) is 0 Å². The third-order valence-electron chi connectivity index (χ3n) is 1.55. The molecule has 0 N–H and O–H groups in total. The Morgan fingerprint density at radius 1 is 0.857 bits per heavy atom. The van der Waals surface area contributed by atoms with Gasteiger partial charge < -0.3 is 4.57 Å². The molecule has 94 valence electrons. The van der Waals surface area contributed by atoms with Gasteiger partial charge in [-0.1, -0.05) is 55.9 Å². The molecule has 0 atom stereocenters. The normalized spacial score (nSPS) is 8.50. The van der Waals surface area contributed by atoms with E-state index in [0.717, 1.165) is 12.6 Å². The van der Waals surface area contributed by atoms with E-state index in [9.17, 15) is 4.57 Å². The predicted molar refractivity (Wildman–Crippen MR) is 75.4 cm³/mol. The van der Waals surface area contributed by atoms with Crippen LogP contribution in [0.25, 0.3) is 0 Å². The van der Waals surface area contributed by atoms with Crippen molar-refractivity contribution < 1.29 is 4.57 Å². The average molecular weight is 226 g/mol. The number of hydrogen-bond acceptors (Lipinski definition) is 1. The summed E-state index contributed by atoms with van der Waals surface area (Å²) in [4.78, 5) is 0. The van der Waals surface area contributed by atoms with Crippen LogP contribution in [0.3, 0.4) is 0 Å². The second kappa shape index (κ2) is 15.7. The van der Waals surface area contributed by atoms with E-state index >= 15 is 0 Å². The molecule has 0 aromatic heterocycles. The molecule has 0 spiro atoms. The van der Waals surface area contributed by atoms with E-state index in [4.69, 9.17) is 0 Å². The first-order valence-corrected chi connectivity index (χ1v) is 6.89. The Bertz CT molecular complexity index is 115. The summed E-state index contributed by atoms with van der Waals surface area (Å²) in [5.74, 6) is 0. The molecule has 0 rings (SSSR count). The highest BCUT2D eigenvalue weighted by molar-refractivity contribution is 7.62. The van der Waals surface area contributed by atoms with Crippen LogP contribution in [0.5, 0.6) is 0 Å². The van der Waals surface area contributed by atoms with E-state index in [-0.39, 0.29) is 29.7 Å². The maximum Gasteiger partial charge on any atom is 0.0819 e. The lowest BCUT2D eigenvalue weighted by Gasteiger charge is -2.04. The zero-order valence-electron chi connectivity index (χ0n) is 7.39. The van der Waals surface area contributed by atoms with E-state index in [1.54, 1.807) is 0 Å². The van der Waals surface area contributed by atoms with Crippen LogP contribution in [-0.2, 0) is 4.57 Å². The van der Waals surface area contributed by atoms with Gasteiger partial charge in [0.05, 0.1) is 7.14 Å². The summed E-state index contributed by atoms with van der Waals surface area (Å²) in [6.07, 6.45) is 5.89. The molecule has 0 unspecified atom stereocenters. The van der Waals surface area contributed by atoms with E-state index in [1.165, 1.54) is 19.3 Å². The average Bonchev–Trinajstić information content (AvgIpc) is 1.78. The first-order chi connectivity index (χ1) is 4.56. The third kappa shape index (κ3) is 29.5. The van der Waals surface area contributed by atoms with Gasteiger partial charge in [0, 0.05) is 6.16 Å².